The first kappa shape index (κ1) is 26.6. The van der Waals surface area contributed by atoms with Crippen molar-refractivity contribution < 1.29 is 23.8 Å². The maximum atomic E-state index is 11.9. The summed E-state index contributed by atoms with van der Waals surface area (Å²) in [5, 5.41) is 4.28. The number of para-hydroxylation sites is 1. The van der Waals surface area contributed by atoms with E-state index in [2.05, 4.69) is 5.32 Å². The molecule has 3 N–H and O–H groups in total. The summed E-state index contributed by atoms with van der Waals surface area (Å²) in [5.41, 5.74) is 9.40. The van der Waals surface area contributed by atoms with Gasteiger partial charge in [-0.15, -0.1) is 11.3 Å². The standard InChI is InChI=1S/C13H21N3O3S.C11H14O2/c1-15-12-10(7-14)9-3-4-16(8-11(9)20-12)13(17)19-6-5-18-2;1-2-13-11-8-4-3-6-10(11)7-5-9-12/h15H,3-8,14H2,1-2H3;3-4,6,8-9H,2,5,7H2,1H3. The van der Waals surface area contributed by atoms with Gasteiger partial charge >= 0.3 is 6.09 Å². The summed E-state index contributed by atoms with van der Waals surface area (Å²) in [6.45, 7) is 5.13. The van der Waals surface area contributed by atoms with Crippen LogP contribution in [0.25, 0.3) is 0 Å². The van der Waals surface area contributed by atoms with Crippen LogP contribution in [0, 0.1) is 0 Å². The van der Waals surface area contributed by atoms with Crippen LogP contribution < -0.4 is 15.8 Å². The summed E-state index contributed by atoms with van der Waals surface area (Å²) in [4.78, 5) is 25.1. The van der Waals surface area contributed by atoms with E-state index in [4.69, 9.17) is 19.9 Å². The molecule has 0 radical (unpaired) electrons. The molecule has 1 aromatic heterocycles. The predicted molar refractivity (Wildman–Crippen MR) is 131 cm³/mol. The number of hydrogen-bond donors (Lipinski definition) is 2. The third-order valence-corrected chi connectivity index (χ3v) is 6.45. The van der Waals surface area contributed by atoms with E-state index in [0.29, 0.717) is 45.9 Å². The molecule has 0 bridgehead atoms. The molecule has 182 valence electrons. The smallest absolute Gasteiger partial charge is 0.410 e. The molecule has 33 heavy (non-hydrogen) atoms. The summed E-state index contributed by atoms with van der Waals surface area (Å²) in [7, 11) is 3.48. The van der Waals surface area contributed by atoms with Crippen molar-refractivity contribution in [1.82, 2.24) is 4.90 Å². The van der Waals surface area contributed by atoms with Gasteiger partial charge in [0.15, 0.2) is 0 Å². The molecular formula is C24H35N3O5S. The number of hydrogen-bond acceptors (Lipinski definition) is 8. The third-order valence-electron chi connectivity index (χ3n) is 5.17. The molecule has 2 aromatic rings. The van der Waals surface area contributed by atoms with Crippen LogP contribution in [0.2, 0.25) is 0 Å². The molecule has 1 aliphatic rings. The van der Waals surface area contributed by atoms with Crippen molar-refractivity contribution >= 4 is 28.7 Å². The largest absolute Gasteiger partial charge is 0.494 e. The van der Waals surface area contributed by atoms with E-state index in [0.717, 1.165) is 35.4 Å². The number of nitrogens with zero attached hydrogens (tertiary/aromatic N) is 1. The number of ether oxygens (including phenoxy) is 3. The van der Waals surface area contributed by atoms with Crippen molar-refractivity contribution in [2.75, 3.05) is 45.8 Å². The second kappa shape index (κ2) is 14.5. The molecule has 0 unspecified atom stereocenters. The minimum Gasteiger partial charge on any atom is -0.494 e. The van der Waals surface area contributed by atoms with Gasteiger partial charge in [0.25, 0.3) is 0 Å². The van der Waals surface area contributed by atoms with Gasteiger partial charge in [0, 0.05) is 44.1 Å². The van der Waals surface area contributed by atoms with E-state index in [1.807, 2.05) is 38.2 Å². The number of anilines is 1. The first-order chi connectivity index (χ1) is 16.1. The Morgan fingerprint density at radius 3 is 2.76 bits per heavy atom. The average Bonchev–Trinajstić information content (AvgIpc) is 3.21. The van der Waals surface area contributed by atoms with Crippen molar-refractivity contribution in [3.05, 3.63) is 45.8 Å². The zero-order valence-corrected chi connectivity index (χ0v) is 20.5. The molecule has 2 heterocycles. The Bertz CT molecular complexity index is 887. The number of thiophene rings is 1. The highest BCUT2D eigenvalue weighted by Gasteiger charge is 2.26. The molecular weight excluding hydrogens is 442 g/mol. The Balaban J connectivity index is 0.000000257. The van der Waals surface area contributed by atoms with Crippen molar-refractivity contribution in [2.24, 2.45) is 5.73 Å². The maximum absolute atomic E-state index is 11.9. The summed E-state index contributed by atoms with van der Waals surface area (Å²) in [6.07, 6.45) is 2.81. The van der Waals surface area contributed by atoms with E-state index in [1.165, 1.54) is 16.0 Å². The van der Waals surface area contributed by atoms with Crippen LogP contribution in [-0.2, 0) is 40.2 Å². The van der Waals surface area contributed by atoms with Crippen molar-refractivity contribution in [2.45, 2.75) is 39.3 Å². The Morgan fingerprint density at radius 1 is 1.30 bits per heavy atom. The second-order valence-electron chi connectivity index (χ2n) is 7.29. The first-order valence-electron chi connectivity index (χ1n) is 11.2. The Labute approximate surface area is 200 Å². The molecule has 0 atom stereocenters. The number of aryl methyl sites for hydroxylation is 1. The van der Waals surface area contributed by atoms with E-state index in [1.54, 1.807) is 23.3 Å². The second-order valence-corrected chi connectivity index (χ2v) is 8.40. The van der Waals surface area contributed by atoms with Crippen molar-refractivity contribution in [1.29, 1.82) is 0 Å². The highest BCUT2D eigenvalue weighted by atomic mass is 32.1. The minimum absolute atomic E-state index is 0.276. The predicted octanol–water partition coefficient (Wildman–Crippen LogP) is 3.61. The Hall–Kier alpha value is -2.62. The van der Waals surface area contributed by atoms with E-state index < -0.39 is 0 Å². The van der Waals surface area contributed by atoms with E-state index in [9.17, 15) is 9.59 Å². The lowest BCUT2D eigenvalue weighted by Gasteiger charge is -2.26. The van der Waals surface area contributed by atoms with E-state index >= 15 is 0 Å². The molecule has 0 aliphatic carbocycles. The summed E-state index contributed by atoms with van der Waals surface area (Å²) in [6, 6.07) is 7.83. The molecule has 8 nitrogen and oxygen atoms in total. The molecule has 0 saturated heterocycles. The van der Waals surface area contributed by atoms with Gasteiger partial charge in [-0.1, -0.05) is 18.2 Å². The Morgan fingerprint density at radius 2 is 2.09 bits per heavy atom. The fourth-order valence-electron chi connectivity index (χ4n) is 3.57. The van der Waals surface area contributed by atoms with Crippen molar-refractivity contribution in [3.8, 4) is 5.75 Å². The van der Waals surface area contributed by atoms with E-state index in [-0.39, 0.29) is 6.09 Å². The molecule has 3 rings (SSSR count). The molecule has 0 fully saturated rings. The van der Waals surface area contributed by atoms with Gasteiger partial charge < -0.3 is 35.0 Å². The number of carbonyl (C=O) groups excluding carboxylic acids is 2. The number of nitrogens with two attached hydrogens (primary N) is 1. The number of rotatable bonds is 10. The van der Waals surface area contributed by atoms with Gasteiger partial charge in [-0.2, -0.15) is 0 Å². The zero-order valence-electron chi connectivity index (χ0n) is 19.7. The number of amides is 1. The fourth-order valence-corrected chi connectivity index (χ4v) is 4.81. The monoisotopic (exact) mass is 477 g/mol. The van der Waals surface area contributed by atoms with Crippen LogP contribution in [0.4, 0.5) is 9.80 Å². The lowest BCUT2D eigenvalue weighted by atomic mass is 10.0. The van der Waals surface area contributed by atoms with Crippen LogP contribution >= 0.6 is 11.3 Å². The first-order valence-corrected chi connectivity index (χ1v) is 12.0. The number of benzene rings is 1. The SMILES string of the molecule is CCOc1ccccc1CCC=O.CNc1sc2c(c1CN)CCN(C(=O)OCCOC)C2. The quantitative estimate of drug-likeness (QED) is 0.398. The minimum atomic E-state index is -0.276. The number of nitrogens with one attached hydrogen (secondary N) is 1. The van der Waals surface area contributed by atoms with Gasteiger partial charge in [0.05, 0.1) is 24.8 Å². The zero-order chi connectivity index (χ0) is 24.1. The van der Waals surface area contributed by atoms with Crippen molar-refractivity contribution in [3.63, 3.8) is 0 Å². The number of fused-ring (bicyclic) bond motifs is 1. The lowest BCUT2D eigenvalue weighted by molar-refractivity contribution is -0.107. The number of aldehydes is 1. The van der Waals surface area contributed by atoms with Crippen LogP contribution in [0.15, 0.2) is 24.3 Å². The summed E-state index contributed by atoms with van der Waals surface area (Å²) >= 11 is 1.67. The third kappa shape index (κ3) is 7.73. The fraction of sp³-hybridized carbons (Fsp3) is 0.500. The van der Waals surface area contributed by atoms with Crippen LogP contribution in [0.3, 0.4) is 0 Å². The molecule has 1 aromatic carbocycles. The molecule has 1 amide bonds. The maximum Gasteiger partial charge on any atom is 0.410 e. The molecule has 0 spiro atoms. The highest BCUT2D eigenvalue weighted by molar-refractivity contribution is 7.16. The van der Waals surface area contributed by atoms with Crippen LogP contribution in [0.5, 0.6) is 5.75 Å². The van der Waals surface area contributed by atoms with Gasteiger partial charge in [0.2, 0.25) is 0 Å². The normalized spacial score (nSPS) is 12.3. The van der Waals surface area contributed by atoms with Gasteiger partial charge in [-0.3, -0.25) is 0 Å². The number of carbonyl (C=O) groups is 2. The highest BCUT2D eigenvalue weighted by Crippen LogP contribution is 2.36. The molecule has 1 aliphatic heterocycles. The average molecular weight is 478 g/mol. The Kier molecular flexibility index (Phi) is 11.7. The molecule has 9 heteroatoms. The topological polar surface area (TPSA) is 103 Å². The summed E-state index contributed by atoms with van der Waals surface area (Å²) in [5.74, 6) is 0.895. The lowest BCUT2D eigenvalue weighted by Crippen LogP contribution is -2.36. The molecule has 0 saturated carbocycles. The van der Waals surface area contributed by atoms with Crippen LogP contribution in [-0.4, -0.2) is 57.8 Å². The summed E-state index contributed by atoms with van der Waals surface area (Å²) < 4.78 is 15.4. The van der Waals surface area contributed by atoms with Crippen LogP contribution in [0.1, 0.15) is 34.9 Å². The van der Waals surface area contributed by atoms with Gasteiger partial charge in [0.1, 0.15) is 18.6 Å². The van der Waals surface area contributed by atoms with Gasteiger partial charge in [-0.05, 0) is 37.0 Å². The number of methoxy groups -OCH3 is 1. The van der Waals surface area contributed by atoms with Gasteiger partial charge in [-0.25, -0.2) is 4.79 Å².